The van der Waals surface area contributed by atoms with Gasteiger partial charge in [0.2, 0.25) is 5.78 Å². The molecule has 2 aromatic carbocycles. The molecule has 0 aliphatic heterocycles. The maximum absolute atomic E-state index is 12.5. The molecule has 0 fully saturated rings. The summed E-state index contributed by atoms with van der Waals surface area (Å²) >= 11 is 1.63. The van der Waals surface area contributed by atoms with E-state index in [0.717, 1.165) is 16.5 Å². The standard InChI is InChI=1S/C22H20N2OS/c1-18(25)21(24-15-9-4-10-16-24)22(23-20-13-7-3-8-14-20)26-17-19-11-5-2-6-12-19/h2-16H,17H2,1H3/p+1. The number of nitrogens with one attached hydrogen (secondary N) is 1. The van der Waals surface area contributed by atoms with E-state index in [4.69, 9.17) is 0 Å². The summed E-state index contributed by atoms with van der Waals surface area (Å²) in [5.41, 5.74) is 2.81. The van der Waals surface area contributed by atoms with Crippen LogP contribution in [0.3, 0.4) is 0 Å². The summed E-state index contributed by atoms with van der Waals surface area (Å²) in [5.74, 6) is 0.792. The number of nitrogens with zero attached hydrogens (tertiary/aromatic N) is 1. The van der Waals surface area contributed by atoms with E-state index in [1.54, 1.807) is 18.7 Å². The third-order valence-electron chi connectivity index (χ3n) is 3.78. The van der Waals surface area contributed by atoms with Crippen molar-refractivity contribution >= 4 is 28.9 Å². The van der Waals surface area contributed by atoms with Crippen molar-refractivity contribution in [2.45, 2.75) is 12.7 Å². The van der Waals surface area contributed by atoms with Gasteiger partial charge < -0.3 is 5.32 Å². The highest BCUT2D eigenvalue weighted by molar-refractivity contribution is 8.02. The van der Waals surface area contributed by atoms with Crippen molar-refractivity contribution in [1.29, 1.82) is 0 Å². The second-order valence-electron chi connectivity index (χ2n) is 5.78. The summed E-state index contributed by atoms with van der Waals surface area (Å²) in [5, 5.41) is 4.27. The van der Waals surface area contributed by atoms with Crippen molar-refractivity contribution < 1.29 is 9.36 Å². The molecule has 3 nitrogen and oxygen atoms in total. The topological polar surface area (TPSA) is 33.0 Å². The minimum Gasteiger partial charge on any atom is -0.345 e. The highest BCUT2D eigenvalue weighted by Crippen LogP contribution is 2.26. The van der Waals surface area contributed by atoms with Crippen LogP contribution in [-0.4, -0.2) is 5.78 Å². The van der Waals surface area contributed by atoms with E-state index in [9.17, 15) is 4.79 Å². The molecule has 0 atom stereocenters. The SMILES string of the molecule is CC(=O)/C(=C(\Nc1ccccc1)SCc1ccccc1)[n+]1ccccc1. The zero-order valence-electron chi connectivity index (χ0n) is 14.6. The van der Waals surface area contributed by atoms with Gasteiger partial charge in [0.1, 0.15) is 0 Å². The zero-order chi connectivity index (χ0) is 18.2. The number of pyridine rings is 1. The number of rotatable bonds is 7. The number of ketones is 1. The summed E-state index contributed by atoms with van der Waals surface area (Å²) in [4.78, 5) is 12.5. The first kappa shape index (κ1) is 18.0. The Morgan fingerprint density at radius 3 is 2.08 bits per heavy atom. The lowest BCUT2D eigenvalue weighted by Crippen LogP contribution is -2.36. The fourth-order valence-electron chi connectivity index (χ4n) is 2.55. The number of benzene rings is 2. The summed E-state index contributed by atoms with van der Waals surface area (Å²) < 4.78 is 1.87. The van der Waals surface area contributed by atoms with Crippen LogP contribution < -0.4 is 9.88 Å². The van der Waals surface area contributed by atoms with Gasteiger partial charge in [0.05, 0.1) is 0 Å². The third-order valence-corrected chi connectivity index (χ3v) is 4.84. The molecule has 0 aliphatic rings. The van der Waals surface area contributed by atoms with E-state index in [-0.39, 0.29) is 5.78 Å². The van der Waals surface area contributed by atoms with Gasteiger partial charge in [-0.05, 0) is 17.7 Å². The van der Waals surface area contributed by atoms with Crippen LogP contribution in [0.1, 0.15) is 12.5 Å². The number of allylic oxidation sites excluding steroid dienone is 1. The molecule has 26 heavy (non-hydrogen) atoms. The molecule has 3 rings (SSSR count). The smallest absolute Gasteiger partial charge is 0.284 e. The molecule has 0 unspecified atom stereocenters. The van der Waals surface area contributed by atoms with E-state index >= 15 is 0 Å². The molecule has 1 heterocycles. The Hall–Kier alpha value is -2.85. The monoisotopic (exact) mass is 361 g/mol. The van der Waals surface area contributed by atoms with Crippen molar-refractivity contribution in [3.05, 3.63) is 102 Å². The quantitative estimate of drug-likeness (QED) is 0.488. The molecule has 0 bridgehead atoms. The van der Waals surface area contributed by atoms with E-state index in [2.05, 4.69) is 17.4 Å². The largest absolute Gasteiger partial charge is 0.345 e. The van der Waals surface area contributed by atoms with Crippen molar-refractivity contribution in [1.82, 2.24) is 0 Å². The van der Waals surface area contributed by atoms with Crippen molar-refractivity contribution in [3.8, 4) is 0 Å². The summed E-state index contributed by atoms with van der Waals surface area (Å²) in [6, 6.07) is 26.0. The van der Waals surface area contributed by atoms with E-state index < -0.39 is 0 Å². The lowest BCUT2D eigenvalue weighted by Gasteiger charge is -2.12. The molecule has 0 aliphatic carbocycles. The van der Waals surface area contributed by atoms with Gasteiger partial charge in [0.25, 0.3) is 5.70 Å². The number of hydrogen-bond acceptors (Lipinski definition) is 3. The molecule has 0 saturated carbocycles. The molecule has 1 N–H and O–H groups in total. The van der Waals surface area contributed by atoms with Crippen LogP contribution in [0.25, 0.3) is 5.70 Å². The molecular weight excluding hydrogens is 340 g/mol. The lowest BCUT2D eigenvalue weighted by molar-refractivity contribution is -0.577. The maximum Gasteiger partial charge on any atom is 0.284 e. The first-order valence-electron chi connectivity index (χ1n) is 8.45. The molecule has 3 aromatic rings. The van der Waals surface area contributed by atoms with Crippen LogP contribution in [-0.2, 0) is 10.5 Å². The molecule has 0 spiro atoms. The van der Waals surface area contributed by atoms with Crippen molar-refractivity contribution in [3.63, 3.8) is 0 Å². The number of thioether (sulfide) groups is 1. The van der Waals surface area contributed by atoms with Crippen LogP contribution in [0, 0.1) is 0 Å². The van der Waals surface area contributed by atoms with Gasteiger partial charge in [-0.1, -0.05) is 66.4 Å². The Labute approximate surface area is 158 Å². The number of para-hydroxylation sites is 1. The van der Waals surface area contributed by atoms with Gasteiger partial charge in [-0.15, -0.1) is 0 Å². The van der Waals surface area contributed by atoms with Crippen LogP contribution in [0.4, 0.5) is 5.69 Å². The predicted octanol–water partition coefficient (Wildman–Crippen LogP) is 4.73. The first-order chi connectivity index (χ1) is 12.7. The fraction of sp³-hybridized carbons (Fsp3) is 0.0909. The summed E-state index contributed by atoms with van der Waals surface area (Å²) in [7, 11) is 0. The second kappa shape index (κ2) is 9.02. The molecular formula is C22H21N2OS+. The molecule has 0 amide bonds. The third kappa shape index (κ3) is 4.83. The summed E-state index contributed by atoms with van der Waals surface area (Å²) in [6.07, 6.45) is 3.79. The maximum atomic E-state index is 12.5. The van der Waals surface area contributed by atoms with Crippen LogP contribution >= 0.6 is 11.8 Å². The Bertz CT molecular complexity index is 878. The van der Waals surface area contributed by atoms with Crippen LogP contribution in [0.15, 0.2) is 96.3 Å². The van der Waals surface area contributed by atoms with Crippen LogP contribution in [0.5, 0.6) is 0 Å². The number of anilines is 1. The summed E-state index contributed by atoms with van der Waals surface area (Å²) in [6.45, 7) is 1.60. The normalized spacial score (nSPS) is 11.6. The van der Waals surface area contributed by atoms with Gasteiger partial charge in [-0.3, -0.25) is 4.79 Å². The molecule has 0 saturated heterocycles. The number of Topliss-reactive ketones (excluding diaryl/α,β-unsaturated/α-hetero) is 1. The molecule has 130 valence electrons. The van der Waals surface area contributed by atoms with E-state index in [1.807, 2.05) is 83.7 Å². The minimum atomic E-state index is 0.0141. The van der Waals surface area contributed by atoms with Gasteiger partial charge in [-0.2, -0.15) is 4.57 Å². The highest BCUT2D eigenvalue weighted by atomic mass is 32.2. The Morgan fingerprint density at radius 1 is 0.885 bits per heavy atom. The van der Waals surface area contributed by atoms with E-state index in [0.29, 0.717) is 5.70 Å². The van der Waals surface area contributed by atoms with Gasteiger partial charge in [-0.25, -0.2) is 0 Å². The Balaban J connectivity index is 1.98. The highest BCUT2D eigenvalue weighted by Gasteiger charge is 2.22. The van der Waals surface area contributed by atoms with E-state index in [1.165, 1.54) is 5.56 Å². The fourth-order valence-corrected chi connectivity index (χ4v) is 3.63. The first-order valence-corrected chi connectivity index (χ1v) is 9.43. The van der Waals surface area contributed by atoms with Gasteiger partial charge in [0, 0.05) is 30.5 Å². The molecule has 0 radical (unpaired) electrons. The minimum absolute atomic E-state index is 0.0141. The lowest BCUT2D eigenvalue weighted by atomic mass is 10.2. The number of carbonyl (C=O) groups excluding carboxylic acids is 1. The molecule has 4 heteroatoms. The van der Waals surface area contributed by atoms with Crippen LogP contribution in [0.2, 0.25) is 0 Å². The average Bonchev–Trinajstić information content (AvgIpc) is 2.68. The average molecular weight is 361 g/mol. The predicted molar refractivity (Wildman–Crippen MR) is 108 cm³/mol. The second-order valence-corrected chi connectivity index (χ2v) is 6.77. The Kier molecular flexibility index (Phi) is 6.23. The molecule has 1 aromatic heterocycles. The van der Waals surface area contributed by atoms with Gasteiger partial charge >= 0.3 is 0 Å². The number of carbonyl (C=O) groups is 1. The Morgan fingerprint density at radius 2 is 1.46 bits per heavy atom. The van der Waals surface area contributed by atoms with Crippen molar-refractivity contribution in [2.75, 3.05) is 5.32 Å². The number of aromatic nitrogens is 1. The van der Waals surface area contributed by atoms with Crippen molar-refractivity contribution in [2.24, 2.45) is 0 Å². The van der Waals surface area contributed by atoms with Gasteiger partial charge in [0.15, 0.2) is 17.4 Å². The number of hydrogen-bond donors (Lipinski definition) is 1. The zero-order valence-corrected chi connectivity index (χ0v) is 15.4.